The van der Waals surface area contributed by atoms with Crippen molar-refractivity contribution in [3.05, 3.63) is 29.8 Å². The van der Waals surface area contributed by atoms with Gasteiger partial charge < -0.3 is 10.1 Å². The van der Waals surface area contributed by atoms with Crippen LogP contribution in [0.3, 0.4) is 0 Å². The summed E-state index contributed by atoms with van der Waals surface area (Å²) in [6, 6.07) is 6.09. The van der Waals surface area contributed by atoms with Crippen LogP contribution in [0.5, 0.6) is 5.75 Å². The van der Waals surface area contributed by atoms with Crippen LogP contribution in [0.4, 0.5) is 13.2 Å². The number of halogens is 3. The fraction of sp³-hybridized carbons (Fsp3) is 0.571. The number of ether oxygens (including phenoxy) is 1. The molecule has 0 aliphatic heterocycles. The average Bonchev–Trinajstić information content (AvgIpc) is 2.22. The minimum atomic E-state index is -4.66. The Bertz CT molecular complexity index is 410. The molecule has 0 heterocycles. The number of hydrogen-bond donors (Lipinski definition) is 1. The molecule has 5 heteroatoms. The van der Waals surface area contributed by atoms with Crippen molar-refractivity contribution in [1.29, 1.82) is 0 Å². The van der Waals surface area contributed by atoms with Crippen LogP contribution in [0.1, 0.15) is 39.3 Å². The van der Waals surface area contributed by atoms with Gasteiger partial charge in [-0.25, -0.2) is 0 Å². The zero-order chi connectivity index (χ0) is 14.7. The van der Waals surface area contributed by atoms with E-state index in [1.807, 2.05) is 33.8 Å². The maximum atomic E-state index is 12.2. The standard InChI is InChI=1S/C14H20F3NO/c1-5-18-12(13(2,3)4)10-7-6-8-11(9-10)19-14(15,16)17/h6-9,12,18H,5H2,1-4H3. The Labute approximate surface area is 112 Å². The minimum Gasteiger partial charge on any atom is -0.406 e. The first-order valence-corrected chi connectivity index (χ1v) is 6.22. The molecule has 0 amide bonds. The van der Waals surface area contributed by atoms with E-state index in [0.717, 1.165) is 12.1 Å². The highest BCUT2D eigenvalue weighted by Gasteiger charge is 2.32. The quantitative estimate of drug-likeness (QED) is 0.885. The maximum Gasteiger partial charge on any atom is 0.573 e. The zero-order valence-corrected chi connectivity index (χ0v) is 11.6. The van der Waals surface area contributed by atoms with Crippen LogP contribution in [-0.4, -0.2) is 12.9 Å². The van der Waals surface area contributed by atoms with E-state index >= 15 is 0 Å². The van der Waals surface area contributed by atoms with E-state index in [9.17, 15) is 13.2 Å². The fourth-order valence-electron chi connectivity index (χ4n) is 2.02. The Morgan fingerprint density at radius 3 is 2.32 bits per heavy atom. The highest BCUT2D eigenvalue weighted by molar-refractivity contribution is 5.31. The Balaban J connectivity index is 3.02. The lowest BCUT2D eigenvalue weighted by Crippen LogP contribution is -2.32. The van der Waals surface area contributed by atoms with Crippen LogP contribution in [-0.2, 0) is 0 Å². The molecule has 0 radical (unpaired) electrons. The Morgan fingerprint density at radius 1 is 1.21 bits per heavy atom. The van der Waals surface area contributed by atoms with Crippen LogP contribution in [0.15, 0.2) is 24.3 Å². The molecule has 2 nitrogen and oxygen atoms in total. The summed E-state index contributed by atoms with van der Waals surface area (Å²) in [6.45, 7) is 8.83. The van der Waals surface area contributed by atoms with Crippen LogP contribution >= 0.6 is 0 Å². The molecule has 1 rings (SSSR count). The van der Waals surface area contributed by atoms with Crippen LogP contribution in [0.25, 0.3) is 0 Å². The summed E-state index contributed by atoms with van der Waals surface area (Å²) in [5.41, 5.74) is 0.684. The van der Waals surface area contributed by atoms with Gasteiger partial charge in [0.25, 0.3) is 0 Å². The Kier molecular flexibility index (Phi) is 4.85. The summed E-state index contributed by atoms with van der Waals surface area (Å²) in [5, 5.41) is 3.29. The smallest absolute Gasteiger partial charge is 0.406 e. The van der Waals surface area contributed by atoms with E-state index in [2.05, 4.69) is 10.1 Å². The van der Waals surface area contributed by atoms with Crippen molar-refractivity contribution < 1.29 is 17.9 Å². The van der Waals surface area contributed by atoms with E-state index < -0.39 is 6.36 Å². The van der Waals surface area contributed by atoms with Crippen molar-refractivity contribution in [2.24, 2.45) is 5.41 Å². The second-order valence-electron chi connectivity index (χ2n) is 5.48. The highest BCUT2D eigenvalue weighted by Crippen LogP contribution is 2.34. The van der Waals surface area contributed by atoms with E-state index in [4.69, 9.17) is 0 Å². The van der Waals surface area contributed by atoms with E-state index in [0.29, 0.717) is 0 Å². The summed E-state index contributed by atoms with van der Waals surface area (Å²) in [5.74, 6) is -0.183. The lowest BCUT2D eigenvalue weighted by Gasteiger charge is -2.32. The van der Waals surface area contributed by atoms with Crippen molar-refractivity contribution in [2.45, 2.75) is 40.1 Å². The third kappa shape index (κ3) is 5.11. The zero-order valence-electron chi connectivity index (χ0n) is 11.6. The van der Waals surface area contributed by atoms with Gasteiger partial charge in [0.15, 0.2) is 0 Å². The van der Waals surface area contributed by atoms with Crippen molar-refractivity contribution in [3.63, 3.8) is 0 Å². The summed E-state index contributed by atoms with van der Waals surface area (Å²) in [6.07, 6.45) is -4.66. The summed E-state index contributed by atoms with van der Waals surface area (Å²) < 4.78 is 40.6. The molecule has 1 aromatic carbocycles. The predicted octanol–water partition coefficient (Wildman–Crippen LogP) is 4.28. The predicted molar refractivity (Wildman–Crippen MR) is 69.0 cm³/mol. The van der Waals surface area contributed by atoms with Gasteiger partial charge in [0.05, 0.1) is 0 Å². The van der Waals surface area contributed by atoms with Crippen molar-refractivity contribution in [3.8, 4) is 5.75 Å². The molecule has 1 aromatic rings. The number of nitrogens with one attached hydrogen (secondary N) is 1. The molecule has 0 saturated heterocycles. The largest absolute Gasteiger partial charge is 0.573 e. The van der Waals surface area contributed by atoms with Gasteiger partial charge in [0.1, 0.15) is 5.75 Å². The monoisotopic (exact) mass is 275 g/mol. The topological polar surface area (TPSA) is 21.3 Å². The second-order valence-corrected chi connectivity index (χ2v) is 5.48. The first kappa shape index (κ1) is 15.8. The number of alkyl halides is 3. The van der Waals surface area contributed by atoms with Crippen LogP contribution < -0.4 is 10.1 Å². The van der Waals surface area contributed by atoms with Crippen LogP contribution in [0, 0.1) is 5.41 Å². The van der Waals surface area contributed by atoms with E-state index in [1.54, 1.807) is 6.07 Å². The first-order chi connectivity index (χ1) is 8.63. The third-order valence-corrected chi connectivity index (χ3v) is 2.70. The molecule has 0 aliphatic carbocycles. The lowest BCUT2D eigenvalue weighted by molar-refractivity contribution is -0.274. The first-order valence-electron chi connectivity index (χ1n) is 6.22. The molecule has 108 valence electrons. The highest BCUT2D eigenvalue weighted by atomic mass is 19.4. The summed E-state index contributed by atoms with van der Waals surface area (Å²) in [7, 11) is 0. The van der Waals surface area contributed by atoms with Crippen molar-refractivity contribution >= 4 is 0 Å². The number of rotatable bonds is 4. The second kappa shape index (κ2) is 5.82. The molecule has 1 N–H and O–H groups in total. The number of benzene rings is 1. The molecule has 0 aliphatic rings. The average molecular weight is 275 g/mol. The molecule has 1 atom stereocenters. The molecule has 0 aromatic heterocycles. The molecular formula is C14H20F3NO. The van der Waals surface area contributed by atoms with Crippen LogP contribution in [0.2, 0.25) is 0 Å². The van der Waals surface area contributed by atoms with Gasteiger partial charge in [-0.05, 0) is 29.7 Å². The lowest BCUT2D eigenvalue weighted by atomic mass is 9.82. The number of hydrogen-bond acceptors (Lipinski definition) is 2. The summed E-state index contributed by atoms with van der Waals surface area (Å²) in [4.78, 5) is 0. The van der Waals surface area contributed by atoms with Gasteiger partial charge >= 0.3 is 6.36 Å². The molecule has 0 fully saturated rings. The third-order valence-electron chi connectivity index (χ3n) is 2.70. The molecular weight excluding hydrogens is 255 g/mol. The van der Waals surface area contributed by atoms with Gasteiger partial charge in [-0.3, -0.25) is 0 Å². The van der Waals surface area contributed by atoms with Gasteiger partial charge in [-0.2, -0.15) is 0 Å². The fourth-order valence-corrected chi connectivity index (χ4v) is 2.02. The SMILES string of the molecule is CCNC(c1cccc(OC(F)(F)F)c1)C(C)(C)C. The van der Waals surface area contributed by atoms with Crippen molar-refractivity contribution in [2.75, 3.05) is 6.54 Å². The molecule has 0 saturated carbocycles. The van der Waals surface area contributed by atoms with E-state index in [1.165, 1.54) is 12.1 Å². The van der Waals surface area contributed by atoms with Gasteiger partial charge in [0, 0.05) is 6.04 Å². The normalized spacial score (nSPS) is 14.3. The van der Waals surface area contributed by atoms with Gasteiger partial charge in [-0.1, -0.05) is 39.8 Å². The molecule has 0 bridgehead atoms. The minimum absolute atomic E-state index is 0.0331. The molecule has 0 spiro atoms. The van der Waals surface area contributed by atoms with E-state index in [-0.39, 0.29) is 17.2 Å². The molecule has 1 unspecified atom stereocenters. The summed E-state index contributed by atoms with van der Waals surface area (Å²) >= 11 is 0. The Morgan fingerprint density at radius 2 is 1.84 bits per heavy atom. The van der Waals surface area contributed by atoms with Gasteiger partial charge in [-0.15, -0.1) is 13.2 Å². The molecule has 19 heavy (non-hydrogen) atoms. The Hall–Kier alpha value is -1.23. The maximum absolute atomic E-state index is 12.2. The van der Waals surface area contributed by atoms with Crippen molar-refractivity contribution in [1.82, 2.24) is 5.32 Å². The van der Waals surface area contributed by atoms with Gasteiger partial charge in [0.2, 0.25) is 0 Å².